The van der Waals surface area contributed by atoms with E-state index in [9.17, 15) is 18.3 Å². The summed E-state index contributed by atoms with van der Waals surface area (Å²) in [5.74, 6) is -1.03. The fourth-order valence-corrected chi connectivity index (χ4v) is 4.62. The van der Waals surface area contributed by atoms with Crippen LogP contribution in [0.1, 0.15) is 25.7 Å². The van der Waals surface area contributed by atoms with Crippen LogP contribution in [-0.4, -0.2) is 27.7 Å². The van der Waals surface area contributed by atoms with E-state index in [0.29, 0.717) is 29.3 Å². The van der Waals surface area contributed by atoms with Crippen LogP contribution >= 0.6 is 27.3 Å². The molecule has 0 spiro atoms. The van der Waals surface area contributed by atoms with Crippen molar-refractivity contribution in [2.75, 3.05) is 5.01 Å². The summed E-state index contributed by atoms with van der Waals surface area (Å²) in [5, 5.41) is 17.3. The van der Waals surface area contributed by atoms with E-state index in [1.54, 1.807) is 5.38 Å². The molecule has 1 fully saturated rings. The minimum atomic E-state index is -4.83. The van der Waals surface area contributed by atoms with Gasteiger partial charge in [-0.15, -0.1) is 11.3 Å². The number of anilines is 1. The number of hydrogen-bond acceptors (Lipinski definition) is 5. The maximum absolute atomic E-state index is 13.8. The number of fused-ring (bicyclic) bond motifs is 1. The molecule has 0 saturated heterocycles. The average Bonchev–Trinajstić information content (AvgIpc) is 3.19. The number of hydrazone groups is 1. The summed E-state index contributed by atoms with van der Waals surface area (Å²) < 4.78 is 42.4. The Balaban J connectivity index is 1.74. The SMILES string of the molecule is O[C@@]1(C(F)(F)F)[C@@H]2CCCCC2=NN1c1nc(-c2ccc(Br)cc2)cs1. The van der Waals surface area contributed by atoms with Gasteiger partial charge in [-0.05, 0) is 31.4 Å². The lowest BCUT2D eigenvalue weighted by atomic mass is 9.80. The fourth-order valence-electron chi connectivity index (χ4n) is 3.52. The van der Waals surface area contributed by atoms with Gasteiger partial charge in [0.25, 0.3) is 5.72 Å². The molecule has 1 N–H and O–H groups in total. The Labute approximate surface area is 160 Å². The molecule has 2 heterocycles. The number of alkyl halides is 3. The van der Waals surface area contributed by atoms with E-state index in [1.165, 1.54) is 0 Å². The molecule has 0 unspecified atom stereocenters. The molecule has 4 rings (SSSR count). The minimum absolute atomic E-state index is 0.0460. The first-order valence-electron chi connectivity index (χ1n) is 8.19. The summed E-state index contributed by atoms with van der Waals surface area (Å²) in [7, 11) is 0. The van der Waals surface area contributed by atoms with Gasteiger partial charge in [-0.3, -0.25) is 0 Å². The Hall–Kier alpha value is -1.45. The molecule has 1 saturated carbocycles. The largest absolute Gasteiger partial charge is 0.439 e. The summed E-state index contributed by atoms with van der Waals surface area (Å²) in [6, 6.07) is 7.33. The molecule has 9 heteroatoms. The van der Waals surface area contributed by atoms with Crippen LogP contribution in [0.5, 0.6) is 0 Å². The number of hydrogen-bond donors (Lipinski definition) is 1. The molecule has 0 bridgehead atoms. The van der Waals surface area contributed by atoms with Gasteiger partial charge < -0.3 is 5.11 Å². The van der Waals surface area contributed by atoms with Crippen molar-refractivity contribution >= 4 is 38.1 Å². The zero-order valence-corrected chi connectivity index (χ0v) is 15.9. The molecule has 1 aliphatic carbocycles. The Kier molecular flexibility index (Phi) is 4.36. The van der Waals surface area contributed by atoms with E-state index >= 15 is 0 Å². The molecule has 0 amide bonds. The number of halogens is 4. The van der Waals surface area contributed by atoms with E-state index in [-0.39, 0.29) is 11.6 Å². The van der Waals surface area contributed by atoms with Gasteiger partial charge in [0.05, 0.1) is 11.6 Å². The van der Waals surface area contributed by atoms with Crippen LogP contribution in [0, 0.1) is 5.92 Å². The van der Waals surface area contributed by atoms with Gasteiger partial charge in [-0.1, -0.05) is 34.5 Å². The quantitative estimate of drug-likeness (QED) is 0.691. The third-order valence-electron chi connectivity index (χ3n) is 4.85. The monoisotopic (exact) mass is 445 g/mol. The zero-order valence-electron chi connectivity index (χ0n) is 13.5. The lowest BCUT2D eigenvalue weighted by molar-refractivity contribution is -0.269. The summed E-state index contributed by atoms with van der Waals surface area (Å²) >= 11 is 4.39. The highest BCUT2D eigenvalue weighted by atomic mass is 79.9. The van der Waals surface area contributed by atoms with Crippen molar-refractivity contribution < 1.29 is 18.3 Å². The highest BCUT2D eigenvalue weighted by Gasteiger charge is 2.67. The van der Waals surface area contributed by atoms with Crippen LogP contribution in [0.4, 0.5) is 18.3 Å². The first-order chi connectivity index (χ1) is 12.3. The van der Waals surface area contributed by atoms with Crippen molar-refractivity contribution in [3.63, 3.8) is 0 Å². The van der Waals surface area contributed by atoms with Crippen molar-refractivity contribution in [2.45, 2.75) is 37.6 Å². The molecule has 4 nitrogen and oxygen atoms in total. The van der Waals surface area contributed by atoms with Crippen molar-refractivity contribution in [1.29, 1.82) is 0 Å². The first kappa shape index (κ1) is 17.9. The smallest absolute Gasteiger partial charge is 0.362 e. The predicted octanol–water partition coefficient (Wildman–Crippen LogP) is 5.19. The number of aromatic nitrogens is 1. The summed E-state index contributed by atoms with van der Waals surface area (Å²) in [5.41, 5.74) is -1.28. The Bertz CT molecular complexity index is 852. The maximum atomic E-state index is 13.8. The van der Waals surface area contributed by atoms with Gasteiger partial charge in [0.2, 0.25) is 5.13 Å². The van der Waals surface area contributed by atoms with Crippen LogP contribution < -0.4 is 5.01 Å². The molecule has 138 valence electrons. The molecule has 0 radical (unpaired) electrons. The third kappa shape index (κ3) is 2.76. The van der Waals surface area contributed by atoms with Crippen molar-refractivity contribution in [3.05, 3.63) is 34.1 Å². The van der Waals surface area contributed by atoms with Gasteiger partial charge in [0, 0.05) is 21.1 Å². The van der Waals surface area contributed by atoms with Gasteiger partial charge in [0.1, 0.15) is 0 Å². The van der Waals surface area contributed by atoms with E-state index < -0.39 is 17.8 Å². The predicted molar refractivity (Wildman–Crippen MR) is 98.1 cm³/mol. The van der Waals surface area contributed by atoms with Crippen LogP contribution in [0.15, 0.2) is 39.2 Å². The molecule has 1 aromatic heterocycles. The number of thiazole rings is 1. The molecular weight excluding hydrogens is 431 g/mol. The highest BCUT2D eigenvalue weighted by Crippen LogP contribution is 2.50. The lowest BCUT2D eigenvalue weighted by Crippen LogP contribution is -2.60. The van der Waals surface area contributed by atoms with Gasteiger partial charge in [0.15, 0.2) is 0 Å². The van der Waals surface area contributed by atoms with Crippen molar-refractivity contribution in [2.24, 2.45) is 11.0 Å². The van der Waals surface area contributed by atoms with E-state index in [0.717, 1.165) is 27.8 Å². The molecule has 1 aliphatic heterocycles. The number of rotatable bonds is 2. The summed E-state index contributed by atoms with van der Waals surface area (Å²) in [6.45, 7) is 0. The minimum Gasteiger partial charge on any atom is -0.362 e. The molecule has 26 heavy (non-hydrogen) atoms. The first-order valence-corrected chi connectivity index (χ1v) is 9.86. The fraction of sp³-hybridized carbons (Fsp3) is 0.412. The third-order valence-corrected chi connectivity index (χ3v) is 6.19. The topological polar surface area (TPSA) is 48.7 Å². The van der Waals surface area contributed by atoms with E-state index in [4.69, 9.17) is 0 Å². The van der Waals surface area contributed by atoms with E-state index in [1.807, 2.05) is 24.3 Å². The van der Waals surface area contributed by atoms with Gasteiger partial charge >= 0.3 is 6.18 Å². The zero-order chi connectivity index (χ0) is 18.5. The number of benzene rings is 1. The molecule has 2 atom stereocenters. The summed E-state index contributed by atoms with van der Waals surface area (Å²) in [4.78, 5) is 4.32. The van der Waals surface area contributed by atoms with E-state index in [2.05, 4.69) is 26.0 Å². The second-order valence-corrected chi connectivity index (χ2v) is 8.20. The number of aliphatic hydroxyl groups is 1. The highest BCUT2D eigenvalue weighted by molar-refractivity contribution is 9.10. The van der Waals surface area contributed by atoms with Crippen LogP contribution in [0.3, 0.4) is 0 Å². The van der Waals surface area contributed by atoms with Crippen LogP contribution in [-0.2, 0) is 0 Å². The standard InChI is InChI=1S/C17H15BrF3N3OS/c18-11-7-5-10(6-8-11)14-9-26-15(22-14)24-16(25,17(19,20)21)12-3-1-2-4-13(12)23-24/h5-9,12,25H,1-4H2/t12-,16-/m1/s1. The Morgan fingerprint density at radius 1 is 1.23 bits per heavy atom. The second kappa shape index (κ2) is 6.31. The average molecular weight is 446 g/mol. The van der Waals surface area contributed by atoms with Gasteiger partial charge in [-0.2, -0.15) is 23.3 Å². The Morgan fingerprint density at radius 3 is 2.65 bits per heavy atom. The maximum Gasteiger partial charge on any atom is 0.439 e. The van der Waals surface area contributed by atoms with Crippen LogP contribution in [0.25, 0.3) is 11.3 Å². The molecular formula is C17H15BrF3N3OS. The Morgan fingerprint density at radius 2 is 1.96 bits per heavy atom. The van der Waals surface area contributed by atoms with Crippen molar-refractivity contribution in [1.82, 2.24) is 4.98 Å². The number of nitrogens with zero attached hydrogens (tertiary/aromatic N) is 3. The normalized spacial score (nSPS) is 26.0. The molecule has 1 aromatic carbocycles. The van der Waals surface area contributed by atoms with Crippen molar-refractivity contribution in [3.8, 4) is 11.3 Å². The van der Waals surface area contributed by atoms with Gasteiger partial charge in [-0.25, -0.2) is 4.98 Å². The lowest BCUT2D eigenvalue weighted by Gasteiger charge is -2.38. The second-order valence-electron chi connectivity index (χ2n) is 6.45. The summed E-state index contributed by atoms with van der Waals surface area (Å²) in [6.07, 6.45) is -2.64. The van der Waals surface area contributed by atoms with Crippen LogP contribution in [0.2, 0.25) is 0 Å². The molecule has 2 aromatic rings. The molecule has 2 aliphatic rings.